The summed E-state index contributed by atoms with van der Waals surface area (Å²) in [5.74, 6) is 0.0671. The second kappa shape index (κ2) is 7.90. The van der Waals surface area contributed by atoms with E-state index in [-0.39, 0.29) is 11.8 Å². The standard InChI is InChI=1S/C19H25N3O2/c1-13(2)11-18(21-14(3)23)19(24)22(4)12-15-7-5-9-17-16(15)8-6-10-20-17/h5-10,13,18H,11-12H2,1-4H3,(H,21,23)/t18-/m0/s1. The van der Waals surface area contributed by atoms with Crippen molar-refractivity contribution in [2.45, 2.75) is 39.8 Å². The normalized spacial score (nSPS) is 12.2. The van der Waals surface area contributed by atoms with Gasteiger partial charge < -0.3 is 10.2 Å². The lowest BCUT2D eigenvalue weighted by Crippen LogP contribution is -2.47. The lowest BCUT2D eigenvalue weighted by molar-refractivity contribution is -0.135. The zero-order valence-corrected chi connectivity index (χ0v) is 14.7. The molecule has 1 aromatic carbocycles. The Bertz CT molecular complexity index is 722. The first-order chi connectivity index (χ1) is 11.4. The van der Waals surface area contributed by atoms with Crippen molar-refractivity contribution in [2.75, 3.05) is 7.05 Å². The fourth-order valence-electron chi connectivity index (χ4n) is 2.84. The molecule has 128 valence electrons. The average molecular weight is 327 g/mol. The Kier molecular flexibility index (Phi) is 5.90. The van der Waals surface area contributed by atoms with E-state index in [4.69, 9.17) is 0 Å². The Labute approximate surface area is 143 Å². The van der Waals surface area contributed by atoms with Gasteiger partial charge in [-0.2, -0.15) is 0 Å². The summed E-state index contributed by atoms with van der Waals surface area (Å²) in [5.41, 5.74) is 1.96. The third-order valence-electron chi connectivity index (χ3n) is 3.90. The Hall–Kier alpha value is -2.43. The molecule has 0 unspecified atom stereocenters. The molecular weight excluding hydrogens is 302 g/mol. The highest BCUT2D eigenvalue weighted by Crippen LogP contribution is 2.18. The van der Waals surface area contributed by atoms with Crippen LogP contribution >= 0.6 is 0 Å². The summed E-state index contributed by atoms with van der Waals surface area (Å²) in [7, 11) is 1.77. The third-order valence-corrected chi connectivity index (χ3v) is 3.90. The summed E-state index contributed by atoms with van der Waals surface area (Å²) >= 11 is 0. The SMILES string of the molecule is CC(=O)N[C@@H](CC(C)C)C(=O)N(C)Cc1cccc2ncccc12. The summed E-state index contributed by atoms with van der Waals surface area (Å²) in [6, 6.07) is 9.33. The lowest BCUT2D eigenvalue weighted by Gasteiger charge is -2.26. The molecular formula is C19H25N3O2. The maximum absolute atomic E-state index is 12.8. The van der Waals surface area contributed by atoms with Gasteiger partial charge in [0.1, 0.15) is 6.04 Å². The highest BCUT2D eigenvalue weighted by molar-refractivity contribution is 5.87. The molecule has 0 spiro atoms. The zero-order chi connectivity index (χ0) is 17.7. The maximum atomic E-state index is 12.8. The van der Waals surface area contributed by atoms with Crippen LogP contribution in [0.3, 0.4) is 0 Å². The summed E-state index contributed by atoms with van der Waals surface area (Å²) in [6.45, 7) is 6.00. The van der Waals surface area contributed by atoms with Crippen LogP contribution in [0.2, 0.25) is 0 Å². The van der Waals surface area contributed by atoms with Gasteiger partial charge >= 0.3 is 0 Å². The third kappa shape index (κ3) is 4.54. The molecule has 2 aromatic rings. The van der Waals surface area contributed by atoms with E-state index in [1.54, 1.807) is 18.1 Å². The molecule has 1 aromatic heterocycles. The average Bonchev–Trinajstić information content (AvgIpc) is 2.53. The Morgan fingerprint density at radius 1 is 1.21 bits per heavy atom. The van der Waals surface area contributed by atoms with Gasteiger partial charge in [-0.1, -0.05) is 32.0 Å². The minimum Gasteiger partial charge on any atom is -0.345 e. The lowest BCUT2D eigenvalue weighted by atomic mass is 10.0. The first-order valence-corrected chi connectivity index (χ1v) is 8.23. The van der Waals surface area contributed by atoms with Gasteiger partial charge in [-0.15, -0.1) is 0 Å². The van der Waals surface area contributed by atoms with Crippen LogP contribution in [0, 0.1) is 5.92 Å². The Balaban J connectivity index is 2.18. The van der Waals surface area contributed by atoms with Crippen LogP contribution in [0.5, 0.6) is 0 Å². The van der Waals surface area contributed by atoms with Crippen molar-refractivity contribution < 1.29 is 9.59 Å². The van der Waals surface area contributed by atoms with Crippen molar-refractivity contribution >= 4 is 22.7 Å². The van der Waals surface area contributed by atoms with Gasteiger partial charge in [0, 0.05) is 32.1 Å². The zero-order valence-electron chi connectivity index (χ0n) is 14.7. The van der Waals surface area contributed by atoms with E-state index in [0.717, 1.165) is 16.5 Å². The number of likely N-dealkylation sites (N-methyl/N-ethyl adjacent to an activating group) is 1. The number of carbonyl (C=O) groups is 2. The fourth-order valence-corrected chi connectivity index (χ4v) is 2.84. The molecule has 1 atom stereocenters. The summed E-state index contributed by atoms with van der Waals surface area (Å²) < 4.78 is 0. The molecule has 0 saturated heterocycles. The number of rotatable bonds is 6. The van der Waals surface area contributed by atoms with Crippen molar-refractivity contribution in [3.05, 3.63) is 42.1 Å². The fraction of sp³-hybridized carbons (Fsp3) is 0.421. The van der Waals surface area contributed by atoms with Gasteiger partial charge in [0.25, 0.3) is 0 Å². The molecule has 2 amide bonds. The van der Waals surface area contributed by atoms with Crippen molar-refractivity contribution in [2.24, 2.45) is 5.92 Å². The van der Waals surface area contributed by atoms with Crippen molar-refractivity contribution in [1.29, 1.82) is 0 Å². The molecule has 0 radical (unpaired) electrons. The van der Waals surface area contributed by atoms with Gasteiger partial charge in [-0.05, 0) is 30.0 Å². The van der Waals surface area contributed by atoms with E-state index in [1.165, 1.54) is 6.92 Å². The number of nitrogens with one attached hydrogen (secondary N) is 1. The van der Waals surface area contributed by atoms with Crippen LogP contribution in [0.1, 0.15) is 32.8 Å². The van der Waals surface area contributed by atoms with Gasteiger partial charge in [0.15, 0.2) is 0 Å². The first kappa shape index (κ1) is 17.9. The second-order valence-electron chi connectivity index (χ2n) is 6.56. The van der Waals surface area contributed by atoms with Crippen LogP contribution in [0.15, 0.2) is 36.5 Å². The number of pyridine rings is 1. The maximum Gasteiger partial charge on any atom is 0.245 e. The van der Waals surface area contributed by atoms with Crippen LogP contribution in [0.25, 0.3) is 10.9 Å². The van der Waals surface area contributed by atoms with Gasteiger partial charge in [-0.3, -0.25) is 14.6 Å². The summed E-state index contributed by atoms with van der Waals surface area (Å²) in [6.07, 6.45) is 2.39. The van der Waals surface area contributed by atoms with Gasteiger partial charge in [0.05, 0.1) is 5.52 Å². The van der Waals surface area contributed by atoms with Crippen molar-refractivity contribution in [3.63, 3.8) is 0 Å². The van der Waals surface area contributed by atoms with Gasteiger partial charge in [0.2, 0.25) is 11.8 Å². The number of hydrogen-bond acceptors (Lipinski definition) is 3. The number of amides is 2. The Morgan fingerprint density at radius 2 is 1.96 bits per heavy atom. The quantitative estimate of drug-likeness (QED) is 0.887. The van der Waals surface area contributed by atoms with E-state index < -0.39 is 6.04 Å². The van der Waals surface area contributed by atoms with E-state index in [1.807, 2.05) is 44.2 Å². The molecule has 1 heterocycles. The molecule has 0 fully saturated rings. The van der Waals surface area contributed by atoms with E-state index in [9.17, 15) is 9.59 Å². The highest BCUT2D eigenvalue weighted by atomic mass is 16.2. The predicted octanol–water partition coefficient (Wildman–Crippen LogP) is 2.74. The monoisotopic (exact) mass is 327 g/mol. The van der Waals surface area contributed by atoms with Crippen molar-refractivity contribution in [1.82, 2.24) is 15.2 Å². The molecule has 5 nitrogen and oxygen atoms in total. The number of benzene rings is 1. The molecule has 5 heteroatoms. The molecule has 0 saturated carbocycles. The molecule has 24 heavy (non-hydrogen) atoms. The van der Waals surface area contributed by atoms with Crippen LogP contribution in [-0.4, -0.2) is 34.8 Å². The minimum absolute atomic E-state index is 0.0696. The largest absolute Gasteiger partial charge is 0.345 e. The number of hydrogen-bond donors (Lipinski definition) is 1. The highest BCUT2D eigenvalue weighted by Gasteiger charge is 2.24. The molecule has 0 aliphatic heterocycles. The molecule has 0 bridgehead atoms. The first-order valence-electron chi connectivity index (χ1n) is 8.23. The van der Waals surface area contributed by atoms with E-state index >= 15 is 0 Å². The molecule has 0 aliphatic rings. The smallest absolute Gasteiger partial charge is 0.245 e. The van der Waals surface area contributed by atoms with Crippen LogP contribution < -0.4 is 5.32 Å². The second-order valence-corrected chi connectivity index (χ2v) is 6.56. The number of nitrogens with zero attached hydrogens (tertiary/aromatic N) is 2. The number of aromatic nitrogens is 1. The van der Waals surface area contributed by atoms with E-state index in [2.05, 4.69) is 10.3 Å². The summed E-state index contributed by atoms with van der Waals surface area (Å²) in [4.78, 5) is 30.2. The summed E-state index contributed by atoms with van der Waals surface area (Å²) in [5, 5.41) is 3.81. The molecule has 0 aliphatic carbocycles. The molecule has 2 rings (SSSR count). The predicted molar refractivity (Wildman–Crippen MR) is 95.3 cm³/mol. The number of fused-ring (bicyclic) bond motifs is 1. The topological polar surface area (TPSA) is 62.3 Å². The van der Waals surface area contributed by atoms with E-state index in [0.29, 0.717) is 18.9 Å². The van der Waals surface area contributed by atoms with Crippen molar-refractivity contribution in [3.8, 4) is 0 Å². The van der Waals surface area contributed by atoms with Gasteiger partial charge in [-0.25, -0.2) is 0 Å². The molecule has 1 N–H and O–H groups in total. The minimum atomic E-state index is -0.486. The van der Waals surface area contributed by atoms with Crippen LogP contribution in [0.4, 0.5) is 0 Å². The van der Waals surface area contributed by atoms with Crippen LogP contribution in [-0.2, 0) is 16.1 Å². The number of carbonyl (C=O) groups excluding carboxylic acids is 2. The Morgan fingerprint density at radius 3 is 2.62 bits per heavy atom.